The number of hydrogen-bond acceptors (Lipinski definition) is 1. The first kappa shape index (κ1) is 4.73. The first-order chi connectivity index (χ1) is 4.42. The van der Waals surface area contributed by atoms with Crippen molar-refractivity contribution in [2.75, 3.05) is 6.61 Å². The molecule has 0 heterocycles. The van der Waals surface area contributed by atoms with Crippen molar-refractivity contribution in [2.24, 2.45) is 29.6 Å². The third kappa shape index (κ3) is 0.362. The fraction of sp³-hybridized carbons (Fsp3) is 1.00. The maximum Gasteiger partial charge on any atom is 0.0464 e. The van der Waals surface area contributed by atoms with Crippen LogP contribution in [0.15, 0.2) is 0 Å². The Morgan fingerprint density at radius 3 is 2.11 bits per heavy atom. The van der Waals surface area contributed by atoms with E-state index >= 15 is 0 Å². The molecule has 2 unspecified atom stereocenters. The second-order valence-corrected chi connectivity index (χ2v) is 3.98. The van der Waals surface area contributed by atoms with Gasteiger partial charge in [0.05, 0.1) is 0 Å². The second-order valence-electron chi connectivity index (χ2n) is 3.98. The molecular weight excluding hydrogens is 112 g/mol. The zero-order chi connectivity index (χ0) is 6.01. The molecule has 0 spiro atoms. The summed E-state index contributed by atoms with van der Waals surface area (Å²) in [6.07, 6.45) is 2.92. The van der Waals surface area contributed by atoms with E-state index in [4.69, 9.17) is 5.11 Å². The van der Waals surface area contributed by atoms with Crippen LogP contribution in [0.25, 0.3) is 0 Å². The molecule has 0 saturated heterocycles. The predicted octanol–water partition coefficient (Wildman–Crippen LogP) is 0.881. The smallest absolute Gasteiger partial charge is 0.0464 e. The van der Waals surface area contributed by atoms with Gasteiger partial charge in [-0.2, -0.15) is 0 Å². The van der Waals surface area contributed by atoms with Crippen LogP contribution >= 0.6 is 0 Å². The van der Waals surface area contributed by atoms with E-state index in [1.807, 2.05) is 0 Å². The molecule has 0 aliphatic heterocycles. The summed E-state index contributed by atoms with van der Waals surface area (Å²) < 4.78 is 0. The predicted molar refractivity (Wildman–Crippen MR) is 33.8 cm³/mol. The van der Waals surface area contributed by atoms with Gasteiger partial charge in [0.2, 0.25) is 0 Å². The largest absolute Gasteiger partial charge is 0.396 e. The van der Waals surface area contributed by atoms with Gasteiger partial charge in [-0.3, -0.25) is 0 Å². The highest BCUT2D eigenvalue weighted by Gasteiger charge is 2.67. The van der Waals surface area contributed by atoms with Crippen LogP contribution in [-0.2, 0) is 0 Å². The lowest BCUT2D eigenvalue weighted by Gasteiger charge is -2.08. The first-order valence-corrected chi connectivity index (χ1v) is 4.02. The monoisotopic (exact) mass is 124 g/mol. The van der Waals surface area contributed by atoms with E-state index in [2.05, 4.69) is 0 Å². The van der Waals surface area contributed by atoms with Gasteiger partial charge in [0.25, 0.3) is 0 Å². The summed E-state index contributed by atoms with van der Waals surface area (Å²) in [6.45, 7) is 0.475. The molecule has 1 nitrogen and oxygen atoms in total. The molecule has 0 amide bonds. The van der Waals surface area contributed by atoms with Crippen molar-refractivity contribution in [2.45, 2.75) is 12.8 Å². The zero-order valence-electron chi connectivity index (χ0n) is 5.46. The van der Waals surface area contributed by atoms with E-state index in [1.165, 1.54) is 12.8 Å². The molecule has 50 valence electrons. The maximum absolute atomic E-state index is 8.96. The van der Waals surface area contributed by atoms with Crippen LogP contribution in [0.2, 0.25) is 0 Å². The SMILES string of the molecule is OC[C@@H]1C2C[C@@H]3C1[C@@H]3C2. The Kier molecular flexibility index (Phi) is 0.628. The molecule has 1 heteroatoms. The Bertz CT molecular complexity index is 141. The molecule has 0 aromatic rings. The molecule has 1 N–H and O–H groups in total. The Morgan fingerprint density at radius 2 is 1.89 bits per heavy atom. The molecule has 4 saturated carbocycles. The average Bonchev–Trinajstić information content (AvgIpc) is 2.40. The van der Waals surface area contributed by atoms with Crippen molar-refractivity contribution < 1.29 is 5.11 Å². The highest BCUT2D eigenvalue weighted by Crippen LogP contribution is 2.72. The summed E-state index contributed by atoms with van der Waals surface area (Å²) in [5, 5.41) is 8.96. The molecule has 4 rings (SSSR count). The fourth-order valence-corrected chi connectivity index (χ4v) is 3.50. The van der Waals surface area contributed by atoms with Crippen LogP contribution in [0, 0.1) is 29.6 Å². The standard InChI is InChI=1S/C8H12O/c9-3-7-4-1-5-6(2-4)8(5)7/h4-9H,1-3H2/t4?,5-,6+,7-,8?/m1/s1. The Balaban J connectivity index is 1.95. The van der Waals surface area contributed by atoms with Gasteiger partial charge in [-0.25, -0.2) is 0 Å². The van der Waals surface area contributed by atoms with Crippen molar-refractivity contribution in [1.29, 1.82) is 0 Å². The molecule has 0 aromatic heterocycles. The molecule has 4 aliphatic rings. The third-order valence-corrected chi connectivity index (χ3v) is 3.86. The Hall–Kier alpha value is -0.0400. The van der Waals surface area contributed by atoms with Crippen LogP contribution in [0.1, 0.15) is 12.8 Å². The number of aliphatic hydroxyl groups is 1. The minimum atomic E-state index is 0.475. The highest BCUT2D eigenvalue weighted by molar-refractivity contribution is 5.15. The third-order valence-electron chi connectivity index (χ3n) is 3.86. The van der Waals surface area contributed by atoms with Gasteiger partial charge in [0, 0.05) is 6.61 Å². The van der Waals surface area contributed by atoms with Crippen LogP contribution < -0.4 is 0 Å². The minimum Gasteiger partial charge on any atom is -0.396 e. The van der Waals surface area contributed by atoms with Crippen molar-refractivity contribution in [3.63, 3.8) is 0 Å². The minimum absolute atomic E-state index is 0.475. The van der Waals surface area contributed by atoms with Crippen LogP contribution in [0.4, 0.5) is 0 Å². The topological polar surface area (TPSA) is 20.2 Å². The summed E-state index contributed by atoms with van der Waals surface area (Å²) in [7, 11) is 0. The molecule has 0 aromatic carbocycles. The first-order valence-electron chi connectivity index (χ1n) is 4.02. The Labute approximate surface area is 55.1 Å². The average molecular weight is 124 g/mol. The molecule has 5 atom stereocenters. The van der Waals surface area contributed by atoms with Gasteiger partial charge in [-0.1, -0.05) is 0 Å². The van der Waals surface area contributed by atoms with Gasteiger partial charge in [0.15, 0.2) is 0 Å². The van der Waals surface area contributed by atoms with Crippen molar-refractivity contribution in [3.8, 4) is 0 Å². The van der Waals surface area contributed by atoms with Gasteiger partial charge >= 0.3 is 0 Å². The maximum atomic E-state index is 8.96. The summed E-state index contributed by atoms with van der Waals surface area (Å²) in [4.78, 5) is 0. The van der Waals surface area contributed by atoms with Gasteiger partial charge in [0.1, 0.15) is 0 Å². The molecule has 4 bridgehead atoms. The summed E-state index contributed by atoms with van der Waals surface area (Å²) in [6, 6.07) is 0. The highest BCUT2D eigenvalue weighted by atomic mass is 16.3. The Morgan fingerprint density at radius 1 is 1.22 bits per heavy atom. The molecule has 4 aliphatic carbocycles. The van der Waals surface area contributed by atoms with E-state index in [0.29, 0.717) is 6.61 Å². The van der Waals surface area contributed by atoms with Gasteiger partial charge < -0.3 is 5.11 Å². The lowest BCUT2D eigenvalue weighted by molar-refractivity contribution is 0.197. The van der Waals surface area contributed by atoms with E-state index in [9.17, 15) is 0 Å². The summed E-state index contributed by atoms with van der Waals surface area (Å²) >= 11 is 0. The van der Waals surface area contributed by atoms with E-state index < -0.39 is 0 Å². The van der Waals surface area contributed by atoms with Gasteiger partial charge in [-0.05, 0) is 42.4 Å². The van der Waals surface area contributed by atoms with E-state index in [1.54, 1.807) is 0 Å². The summed E-state index contributed by atoms with van der Waals surface area (Å²) in [5.74, 6) is 4.81. The van der Waals surface area contributed by atoms with Crippen molar-refractivity contribution in [1.82, 2.24) is 0 Å². The van der Waals surface area contributed by atoms with E-state index in [-0.39, 0.29) is 0 Å². The normalized spacial score (nSPS) is 67.0. The number of aliphatic hydroxyl groups excluding tert-OH is 1. The number of hydrogen-bond donors (Lipinski definition) is 1. The molecule has 4 fully saturated rings. The summed E-state index contributed by atoms with van der Waals surface area (Å²) in [5.41, 5.74) is 0. The second kappa shape index (κ2) is 1.20. The fourth-order valence-electron chi connectivity index (χ4n) is 3.50. The van der Waals surface area contributed by atoms with Crippen LogP contribution in [0.5, 0.6) is 0 Å². The number of rotatable bonds is 1. The molecule has 0 radical (unpaired) electrons. The van der Waals surface area contributed by atoms with Crippen molar-refractivity contribution in [3.05, 3.63) is 0 Å². The van der Waals surface area contributed by atoms with Crippen LogP contribution in [-0.4, -0.2) is 11.7 Å². The lowest BCUT2D eigenvalue weighted by Crippen LogP contribution is -2.09. The van der Waals surface area contributed by atoms with E-state index in [0.717, 1.165) is 29.6 Å². The molecule has 9 heavy (non-hydrogen) atoms. The quantitative estimate of drug-likeness (QED) is 0.550. The zero-order valence-corrected chi connectivity index (χ0v) is 5.46. The van der Waals surface area contributed by atoms with Crippen LogP contribution in [0.3, 0.4) is 0 Å². The van der Waals surface area contributed by atoms with Gasteiger partial charge in [-0.15, -0.1) is 0 Å². The lowest BCUT2D eigenvalue weighted by atomic mass is 10.00. The molecular formula is C8H12O. The van der Waals surface area contributed by atoms with Crippen molar-refractivity contribution >= 4 is 0 Å².